The van der Waals surface area contributed by atoms with Gasteiger partial charge in [-0.05, 0) is 25.8 Å². The third kappa shape index (κ3) is 4.18. The highest BCUT2D eigenvalue weighted by Gasteiger charge is 2.25. The summed E-state index contributed by atoms with van der Waals surface area (Å²) in [6, 6.07) is 3.13. The molecular formula is C14H25N3O2S. The lowest BCUT2D eigenvalue weighted by molar-refractivity contribution is 0.368. The number of nitrogens with one attached hydrogen (secondary N) is 1. The molecule has 1 unspecified atom stereocenters. The molecule has 0 saturated carbocycles. The van der Waals surface area contributed by atoms with E-state index >= 15 is 0 Å². The standard InChI is InChI=1S/C14H25N3O2S/c1-5-7-12(3)17(4)20(18,19)13-8-10-16-14(11-13)15-9-6-2/h8,10-12H,5-7,9H2,1-4H3,(H,15,16). The van der Waals surface area contributed by atoms with Gasteiger partial charge in [-0.2, -0.15) is 4.31 Å². The summed E-state index contributed by atoms with van der Waals surface area (Å²) in [5, 5.41) is 3.11. The minimum Gasteiger partial charge on any atom is -0.370 e. The summed E-state index contributed by atoms with van der Waals surface area (Å²) in [6.45, 7) is 6.81. The number of hydrogen-bond acceptors (Lipinski definition) is 4. The predicted molar refractivity (Wildman–Crippen MR) is 82.3 cm³/mol. The smallest absolute Gasteiger partial charge is 0.243 e. The quantitative estimate of drug-likeness (QED) is 0.801. The maximum absolute atomic E-state index is 12.5. The molecule has 0 aliphatic carbocycles. The number of hydrogen-bond donors (Lipinski definition) is 1. The SMILES string of the molecule is CCCNc1cc(S(=O)(=O)N(C)C(C)CCC)ccn1. The fraction of sp³-hybridized carbons (Fsp3) is 0.643. The zero-order valence-electron chi connectivity index (χ0n) is 12.8. The highest BCUT2D eigenvalue weighted by atomic mass is 32.2. The maximum Gasteiger partial charge on any atom is 0.243 e. The molecule has 0 saturated heterocycles. The van der Waals surface area contributed by atoms with Crippen molar-refractivity contribution in [2.75, 3.05) is 18.9 Å². The molecule has 1 aromatic rings. The van der Waals surface area contributed by atoms with Gasteiger partial charge in [-0.3, -0.25) is 0 Å². The zero-order chi connectivity index (χ0) is 15.2. The van der Waals surface area contributed by atoms with Gasteiger partial charge in [0.2, 0.25) is 10.0 Å². The average molecular weight is 299 g/mol. The van der Waals surface area contributed by atoms with Crippen LogP contribution >= 0.6 is 0 Å². The van der Waals surface area contributed by atoms with Crippen LogP contribution in [0.5, 0.6) is 0 Å². The van der Waals surface area contributed by atoms with Crippen LogP contribution in [0.4, 0.5) is 5.82 Å². The van der Waals surface area contributed by atoms with Crippen LogP contribution in [0, 0.1) is 0 Å². The third-order valence-electron chi connectivity index (χ3n) is 3.29. The predicted octanol–water partition coefficient (Wildman–Crippen LogP) is 2.71. The van der Waals surface area contributed by atoms with Gasteiger partial charge in [0.1, 0.15) is 5.82 Å². The lowest BCUT2D eigenvalue weighted by atomic mass is 10.2. The molecule has 0 spiro atoms. The maximum atomic E-state index is 12.5. The minimum atomic E-state index is -3.45. The second-order valence-electron chi connectivity index (χ2n) is 4.96. The zero-order valence-corrected chi connectivity index (χ0v) is 13.6. The minimum absolute atomic E-state index is 0.00906. The van der Waals surface area contributed by atoms with Crippen molar-refractivity contribution < 1.29 is 8.42 Å². The largest absolute Gasteiger partial charge is 0.370 e. The van der Waals surface area contributed by atoms with Crippen molar-refractivity contribution >= 4 is 15.8 Å². The summed E-state index contributed by atoms with van der Waals surface area (Å²) < 4.78 is 26.5. The number of pyridine rings is 1. The second-order valence-corrected chi connectivity index (χ2v) is 6.96. The van der Waals surface area contributed by atoms with E-state index in [1.54, 1.807) is 19.2 Å². The molecule has 1 rings (SSSR count). The van der Waals surface area contributed by atoms with E-state index in [1.807, 2.05) is 13.8 Å². The fourth-order valence-electron chi connectivity index (χ4n) is 1.92. The van der Waals surface area contributed by atoms with E-state index in [0.29, 0.717) is 5.82 Å². The normalized spacial score (nSPS) is 13.4. The van der Waals surface area contributed by atoms with Crippen molar-refractivity contribution in [3.05, 3.63) is 18.3 Å². The van der Waals surface area contributed by atoms with E-state index < -0.39 is 10.0 Å². The van der Waals surface area contributed by atoms with Gasteiger partial charge in [-0.25, -0.2) is 13.4 Å². The number of anilines is 1. The van der Waals surface area contributed by atoms with Gasteiger partial charge < -0.3 is 5.32 Å². The van der Waals surface area contributed by atoms with Crippen LogP contribution in [0.3, 0.4) is 0 Å². The topological polar surface area (TPSA) is 62.3 Å². The molecule has 1 aromatic heterocycles. The molecule has 6 heteroatoms. The van der Waals surface area contributed by atoms with Crippen LogP contribution in [0.2, 0.25) is 0 Å². The Hall–Kier alpha value is -1.14. The van der Waals surface area contributed by atoms with Gasteiger partial charge in [0.05, 0.1) is 4.90 Å². The van der Waals surface area contributed by atoms with Gasteiger partial charge in [0, 0.05) is 31.9 Å². The van der Waals surface area contributed by atoms with E-state index in [1.165, 1.54) is 10.5 Å². The Morgan fingerprint density at radius 2 is 2.05 bits per heavy atom. The van der Waals surface area contributed by atoms with Gasteiger partial charge in [-0.15, -0.1) is 0 Å². The molecule has 1 atom stereocenters. The average Bonchev–Trinajstić information content (AvgIpc) is 2.44. The molecule has 20 heavy (non-hydrogen) atoms. The fourth-order valence-corrected chi connectivity index (χ4v) is 3.33. The number of aromatic nitrogens is 1. The molecule has 5 nitrogen and oxygen atoms in total. The van der Waals surface area contributed by atoms with Crippen LogP contribution in [0.15, 0.2) is 23.2 Å². The Balaban J connectivity index is 2.97. The van der Waals surface area contributed by atoms with Crippen molar-refractivity contribution in [2.45, 2.75) is 51.0 Å². The van der Waals surface area contributed by atoms with E-state index in [-0.39, 0.29) is 10.9 Å². The summed E-state index contributed by atoms with van der Waals surface area (Å²) in [5.74, 6) is 0.601. The summed E-state index contributed by atoms with van der Waals surface area (Å²) in [4.78, 5) is 4.43. The van der Waals surface area contributed by atoms with Gasteiger partial charge in [0.25, 0.3) is 0 Å². The molecular weight excluding hydrogens is 274 g/mol. The van der Waals surface area contributed by atoms with E-state index in [9.17, 15) is 8.42 Å². The molecule has 114 valence electrons. The molecule has 0 bridgehead atoms. The van der Waals surface area contributed by atoms with Crippen molar-refractivity contribution in [3.8, 4) is 0 Å². The Morgan fingerprint density at radius 1 is 1.35 bits per heavy atom. The first-order valence-electron chi connectivity index (χ1n) is 7.11. The Morgan fingerprint density at radius 3 is 2.65 bits per heavy atom. The van der Waals surface area contributed by atoms with Gasteiger partial charge in [0.15, 0.2) is 0 Å². The van der Waals surface area contributed by atoms with Crippen LogP contribution in [0.25, 0.3) is 0 Å². The van der Waals surface area contributed by atoms with Crippen molar-refractivity contribution in [1.82, 2.24) is 9.29 Å². The first-order valence-corrected chi connectivity index (χ1v) is 8.55. The Labute approximate surface area is 122 Å². The van der Waals surface area contributed by atoms with E-state index in [2.05, 4.69) is 17.2 Å². The van der Waals surface area contributed by atoms with Crippen LogP contribution in [-0.2, 0) is 10.0 Å². The summed E-state index contributed by atoms with van der Waals surface area (Å²) in [6.07, 6.45) is 4.30. The van der Waals surface area contributed by atoms with Gasteiger partial charge in [-0.1, -0.05) is 20.3 Å². The first kappa shape index (κ1) is 16.9. The van der Waals surface area contributed by atoms with Crippen LogP contribution in [-0.4, -0.2) is 37.3 Å². The monoisotopic (exact) mass is 299 g/mol. The Kier molecular flexibility index (Phi) is 6.42. The summed E-state index contributed by atoms with van der Waals surface area (Å²) >= 11 is 0. The van der Waals surface area contributed by atoms with Crippen molar-refractivity contribution in [2.24, 2.45) is 0 Å². The number of nitrogens with zero attached hydrogens (tertiary/aromatic N) is 2. The summed E-state index contributed by atoms with van der Waals surface area (Å²) in [7, 11) is -1.82. The van der Waals surface area contributed by atoms with Crippen LogP contribution in [0.1, 0.15) is 40.0 Å². The molecule has 0 aliphatic rings. The summed E-state index contributed by atoms with van der Waals surface area (Å²) in [5.41, 5.74) is 0. The van der Waals surface area contributed by atoms with E-state index in [0.717, 1.165) is 25.8 Å². The lowest BCUT2D eigenvalue weighted by Crippen LogP contribution is -2.35. The molecule has 0 aliphatic heterocycles. The third-order valence-corrected chi connectivity index (χ3v) is 5.26. The molecule has 0 fully saturated rings. The molecule has 1 heterocycles. The number of rotatable bonds is 8. The molecule has 0 aromatic carbocycles. The van der Waals surface area contributed by atoms with Crippen LogP contribution < -0.4 is 5.32 Å². The van der Waals surface area contributed by atoms with Crippen molar-refractivity contribution in [1.29, 1.82) is 0 Å². The Bertz CT molecular complexity index is 517. The molecule has 0 amide bonds. The highest BCUT2D eigenvalue weighted by molar-refractivity contribution is 7.89. The molecule has 0 radical (unpaired) electrons. The lowest BCUT2D eigenvalue weighted by Gasteiger charge is -2.24. The number of sulfonamides is 1. The highest BCUT2D eigenvalue weighted by Crippen LogP contribution is 2.20. The van der Waals surface area contributed by atoms with Gasteiger partial charge >= 0.3 is 0 Å². The van der Waals surface area contributed by atoms with E-state index in [4.69, 9.17) is 0 Å². The first-order chi connectivity index (χ1) is 9.43. The second kappa shape index (κ2) is 7.59. The van der Waals surface area contributed by atoms with Crippen molar-refractivity contribution in [3.63, 3.8) is 0 Å². The molecule has 1 N–H and O–H groups in total.